The first-order valence-electron chi connectivity index (χ1n) is 7.38. The zero-order valence-electron chi connectivity index (χ0n) is 12.6. The maximum atomic E-state index is 12.5. The van der Waals surface area contributed by atoms with Gasteiger partial charge in [-0.3, -0.25) is 4.79 Å². The molecular weight excluding hydrogens is 288 g/mol. The van der Waals surface area contributed by atoms with Crippen LogP contribution in [0.4, 0.5) is 0 Å². The van der Waals surface area contributed by atoms with Gasteiger partial charge in [-0.05, 0) is 19.1 Å². The topological polar surface area (TPSA) is 48.0 Å². The Bertz CT molecular complexity index is 1030. The average molecular weight is 302 g/mol. The minimum Gasteiger partial charge on any atom is -0.443 e. The smallest absolute Gasteiger partial charge is 0.234 e. The van der Waals surface area contributed by atoms with Crippen LogP contribution in [0.3, 0.4) is 0 Å². The van der Waals surface area contributed by atoms with Gasteiger partial charge in [0.1, 0.15) is 16.8 Å². The van der Waals surface area contributed by atoms with Crippen molar-refractivity contribution in [2.45, 2.75) is 6.92 Å². The largest absolute Gasteiger partial charge is 0.443 e. The molecule has 0 unspecified atom stereocenters. The number of nitrogens with zero attached hydrogens (tertiary/aromatic N) is 2. The van der Waals surface area contributed by atoms with Gasteiger partial charge in [-0.15, -0.1) is 0 Å². The fourth-order valence-electron chi connectivity index (χ4n) is 2.70. The van der Waals surface area contributed by atoms with E-state index in [2.05, 4.69) is 5.10 Å². The number of rotatable bonds is 2. The molecule has 2 heterocycles. The first kappa shape index (κ1) is 13.5. The molecule has 0 atom stereocenters. The number of para-hydroxylation sites is 1. The fraction of sp³-hybridized carbons (Fsp3) is 0.0526. The van der Waals surface area contributed by atoms with Crippen LogP contribution in [0.2, 0.25) is 0 Å². The van der Waals surface area contributed by atoms with Crippen LogP contribution < -0.4 is 5.43 Å². The lowest BCUT2D eigenvalue weighted by atomic mass is 10.1. The Morgan fingerprint density at radius 1 is 0.957 bits per heavy atom. The minimum absolute atomic E-state index is 0.0789. The van der Waals surface area contributed by atoms with Gasteiger partial charge >= 0.3 is 0 Å². The first-order valence-corrected chi connectivity index (χ1v) is 7.38. The van der Waals surface area contributed by atoms with Gasteiger partial charge in [0.25, 0.3) is 0 Å². The summed E-state index contributed by atoms with van der Waals surface area (Å²) >= 11 is 0. The van der Waals surface area contributed by atoms with Gasteiger partial charge in [-0.25, -0.2) is 0 Å². The van der Waals surface area contributed by atoms with Crippen molar-refractivity contribution in [1.29, 1.82) is 0 Å². The van der Waals surface area contributed by atoms with Gasteiger partial charge in [-0.1, -0.05) is 48.5 Å². The number of aryl methyl sites for hydroxylation is 1. The molecular formula is C19H14N2O2. The SMILES string of the molecule is Cc1cc(=O)c2c(-c3ccccc3)nn(-c3ccccc3)c2o1. The quantitative estimate of drug-likeness (QED) is 0.563. The fourth-order valence-corrected chi connectivity index (χ4v) is 2.70. The molecule has 0 bridgehead atoms. The second kappa shape index (κ2) is 5.25. The summed E-state index contributed by atoms with van der Waals surface area (Å²) in [6, 6.07) is 20.8. The van der Waals surface area contributed by atoms with Crippen molar-refractivity contribution in [3.8, 4) is 16.9 Å². The molecule has 0 spiro atoms. The molecule has 0 saturated heterocycles. The molecule has 2 aromatic heterocycles. The van der Waals surface area contributed by atoms with Crippen LogP contribution in [0.25, 0.3) is 28.0 Å². The average Bonchev–Trinajstić information content (AvgIpc) is 2.96. The zero-order chi connectivity index (χ0) is 15.8. The molecule has 4 rings (SSSR count). The third-order valence-electron chi connectivity index (χ3n) is 3.73. The molecule has 4 nitrogen and oxygen atoms in total. The Labute approximate surface area is 132 Å². The Kier molecular flexibility index (Phi) is 3.08. The summed E-state index contributed by atoms with van der Waals surface area (Å²) in [5.41, 5.74) is 2.78. The molecule has 0 aliphatic rings. The van der Waals surface area contributed by atoms with Crippen molar-refractivity contribution >= 4 is 11.1 Å². The maximum Gasteiger partial charge on any atom is 0.234 e. The molecule has 4 aromatic rings. The molecule has 0 radical (unpaired) electrons. The third kappa shape index (κ3) is 2.25. The van der Waals surface area contributed by atoms with Crippen molar-refractivity contribution < 1.29 is 4.42 Å². The summed E-state index contributed by atoms with van der Waals surface area (Å²) < 4.78 is 7.52. The van der Waals surface area contributed by atoms with Gasteiger partial charge < -0.3 is 4.42 Å². The molecule has 2 aromatic carbocycles. The summed E-state index contributed by atoms with van der Waals surface area (Å²) in [6.45, 7) is 1.77. The molecule has 0 fully saturated rings. The van der Waals surface area contributed by atoms with Crippen LogP contribution >= 0.6 is 0 Å². The predicted octanol–water partition coefficient (Wildman–Crippen LogP) is 3.95. The highest BCUT2D eigenvalue weighted by molar-refractivity contribution is 5.90. The Balaban J connectivity index is 2.11. The van der Waals surface area contributed by atoms with Crippen LogP contribution in [0, 0.1) is 6.92 Å². The van der Waals surface area contributed by atoms with Crippen LogP contribution in [0.15, 0.2) is 75.9 Å². The van der Waals surface area contributed by atoms with Crippen LogP contribution in [-0.4, -0.2) is 9.78 Å². The molecule has 0 N–H and O–H groups in total. The normalized spacial score (nSPS) is 11.0. The molecule has 0 aliphatic heterocycles. The second-order valence-electron chi connectivity index (χ2n) is 5.36. The van der Waals surface area contributed by atoms with E-state index >= 15 is 0 Å². The number of benzene rings is 2. The first-order chi connectivity index (χ1) is 11.2. The summed E-state index contributed by atoms with van der Waals surface area (Å²) in [6.07, 6.45) is 0. The zero-order valence-corrected chi connectivity index (χ0v) is 12.6. The van der Waals surface area contributed by atoms with Crippen LogP contribution in [0.1, 0.15) is 5.76 Å². The monoisotopic (exact) mass is 302 g/mol. The number of hydrogen-bond donors (Lipinski definition) is 0. The van der Waals surface area contributed by atoms with Crippen molar-refractivity contribution in [2.75, 3.05) is 0 Å². The van der Waals surface area contributed by atoms with Crippen molar-refractivity contribution in [1.82, 2.24) is 9.78 Å². The van der Waals surface area contributed by atoms with E-state index in [1.165, 1.54) is 6.07 Å². The van der Waals surface area contributed by atoms with Crippen molar-refractivity contribution in [3.05, 3.63) is 82.7 Å². The second-order valence-corrected chi connectivity index (χ2v) is 5.36. The highest BCUT2D eigenvalue weighted by Gasteiger charge is 2.18. The Morgan fingerprint density at radius 3 is 2.30 bits per heavy atom. The summed E-state index contributed by atoms with van der Waals surface area (Å²) in [4.78, 5) is 12.5. The van der Waals surface area contributed by atoms with Crippen LogP contribution in [-0.2, 0) is 0 Å². The highest BCUT2D eigenvalue weighted by Crippen LogP contribution is 2.28. The lowest BCUT2D eigenvalue weighted by Gasteiger charge is -2.01. The van der Waals surface area contributed by atoms with Gasteiger partial charge in [0, 0.05) is 11.6 Å². The van der Waals surface area contributed by atoms with E-state index in [1.54, 1.807) is 11.6 Å². The molecule has 0 amide bonds. The highest BCUT2D eigenvalue weighted by atomic mass is 16.3. The Morgan fingerprint density at radius 2 is 1.61 bits per heavy atom. The van der Waals surface area contributed by atoms with E-state index in [4.69, 9.17) is 4.42 Å². The standard InChI is InChI=1S/C19H14N2O2/c1-13-12-16(22)17-18(14-8-4-2-5-9-14)20-21(19(17)23-13)15-10-6-3-7-11-15/h2-12H,1H3. The molecule has 0 saturated carbocycles. The summed E-state index contributed by atoms with van der Waals surface area (Å²) in [5, 5.41) is 5.16. The van der Waals surface area contributed by atoms with E-state index in [0.717, 1.165) is 11.3 Å². The lowest BCUT2D eigenvalue weighted by Crippen LogP contribution is -2.01. The molecule has 23 heavy (non-hydrogen) atoms. The molecule has 4 heteroatoms. The van der Waals surface area contributed by atoms with E-state index in [9.17, 15) is 4.79 Å². The van der Waals surface area contributed by atoms with Crippen molar-refractivity contribution in [3.63, 3.8) is 0 Å². The maximum absolute atomic E-state index is 12.5. The van der Waals surface area contributed by atoms with Gasteiger partial charge in [0.2, 0.25) is 5.71 Å². The predicted molar refractivity (Wildman–Crippen MR) is 89.8 cm³/mol. The van der Waals surface area contributed by atoms with E-state index in [1.807, 2.05) is 60.7 Å². The number of aromatic nitrogens is 2. The summed E-state index contributed by atoms with van der Waals surface area (Å²) in [5.74, 6) is 0.569. The molecule has 112 valence electrons. The van der Waals surface area contributed by atoms with E-state index in [-0.39, 0.29) is 5.43 Å². The number of hydrogen-bond acceptors (Lipinski definition) is 3. The summed E-state index contributed by atoms with van der Waals surface area (Å²) in [7, 11) is 0. The van der Waals surface area contributed by atoms with E-state index < -0.39 is 0 Å². The number of fused-ring (bicyclic) bond motifs is 1. The van der Waals surface area contributed by atoms with Gasteiger partial charge in [-0.2, -0.15) is 9.78 Å². The third-order valence-corrected chi connectivity index (χ3v) is 3.73. The van der Waals surface area contributed by atoms with Crippen LogP contribution in [0.5, 0.6) is 0 Å². The molecule has 0 aliphatic carbocycles. The minimum atomic E-state index is -0.0789. The van der Waals surface area contributed by atoms with Crippen molar-refractivity contribution in [2.24, 2.45) is 0 Å². The Hall–Kier alpha value is -3.14. The van der Waals surface area contributed by atoms with Gasteiger partial charge in [0.05, 0.1) is 5.69 Å². The van der Waals surface area contributed by atoms with E-state index in [0.29, 0.717) is 22.6 Å². The van der Waals surface area contributed by atoms with Gasteiger partial charge in [0.15, 0.2) is 5.43 Å². The lowest BCUT2D eigenvalue weighted by molar-refractivity contribution is 0.539.